The molecule has 4 heterocycles. The second-order valence-electron chi connectivity index (χ2n) is 11.1. The van der Waals surface area contributed by atoms with Crippen molar-refractivity contribution < 1.29 is 37.4 Å². The minimum absolute atomic E-state index is 0.0219. The molecule has 0 bridgehead atoms. The second-order valence-corrected chi connectivity index (χ2v) is 11.1. The highest BCUT2D eigenvalue weighted by atomic mass is 19.1. The molecule has 5 rings (SSSR count). The Morgan fingerprint density at radius 3 is 2.77 bits per heavy atom. The quantitative estimate of drug-likeness (QED) is 0.537. The number of benzene rings is 1. The maximum atomic E-state index is 14.5. The first-order valence-electron chi connectivity index (χ1n) is 13.5. The van der Waals surface area contributed by atoms with Crippen LogP contribution in [-0.2, 0) is 19.1 Å². The number of alkyl halides is 1. The molecule has 2 aromatic rings. The molecule has 5 atom stereocenters. The molecular weight excluding hydrogens is 509 g/mol. The number of nitrogens with one attached hydrogen (secondary N) is 1. The van der Waals surface area contributed by atoms with Gasteiger partial charge in [-0.15, -0.1) is 0 Å². The Morgan fingerprint density at radius 2 is 2.03 bits per heavy atom. The minimum atomic E-state index is -1.44. The molecule has 3 aliphatic rings. The predicted molar refractivity (Wildman–Crippen MR) is 140 cm³/mol. The van der Waals surface area contributed by atoms with Crippen molar-refractivity contribution in [2.24, 2.45) is 5.92 Å². The van der Waals surface area contributed by atoms with E-state index in [4.69, 9.17) is 18.6 Å². The smallest absolute Gasteiger partial charge is 0.287 e. The number of carbonyl (C=O) groups is 3. The number of halogens is 1. The lowest BCUT2D eigenvalue weighted by molar-refractivity contribution is -0.138. The van der Waals surface area contributed by atoms with Gasteiger partial charge >= 0.3 is 0 Å². The Morgan fingerprint density at radius 1 is 1.23 bits per heavy atom. The number of hydrogen-bond acceptors (Lipinski definition) is 8. The molecule has 4 unspecified atom stereocenters. The van der Waals surface area contributed by atoms with Gasteiger partial charge in [0.25, 0.3) is 5.91 Å². The number of Topliss-reactive ketones (excluding diaryl/α,β-unsaturated/α-hetero) is 1. The van der Waals surface area contributed by atoms with E-state index in [9.17, 15) is 18.8 Å². The number of ether oxygens (including phenoxy) is 3. The average Bonchev–Trinajstić information content (AvgIpc) is 3.55. The number of carbonyl (C=O) groups excluding carboxylic acids is 3. The van der Waals surface area contributed by atoms with Crippen molar-refractivity contribution in [2.45, 2.75) is 57.7 Å². The highest BCUT2D eigenvalue weighted by molar-refractivity contribution is 6.02. The number of likely N-dealkylation sites (tertiary alicyclic amines) is 1. The summed E-state index contributed by atoms with van der Waals surface area (Å²) in [4.78, 5) is 42.6. The van der Waals surface area contributed by atoms with Gasteiger partial charge in [-0.25, -0.2) is 4.39 Å². The van der Waals surface area contributed by atoms with Crippen molar-refractivity contribution >= 4 is 28.6 Å². The van der Waals surface area contributed by atoms with Crippen molar-refractivity contribution in [3.8, 4) is 5.75 Å². The largest absolute Gasteiger partial charge is 0.491 e. The van der Waals surface area contributed by atoms with E-state index >= 15 is 0 Å². The van der Waals surface area contributed by atoms with Gasteiger partial charge in [-0.2, -0.15) is 0 Å². The summed E-state index contributed by atoms with van der Waals surface area (Å²) in [7, 11) is 2.05. The molecule has 0 spiro atoms. The number of rotatable bonds is 8. The molecule has 3 fully saturated rings. The number of likely N-dealkylation sites (N-methyl/N-ethyl adjacent to an activating group) is 1. The van der Waals surface area contributed by atoms with E-state index in [1.54, 1.807) is 19.1 Å². The summed E-state index contributed by atoms with van der Waals surface area (Å²) in [6.07, 6.45) is -2.09. The van der Waals surface area contributed by atoms with Crippen molar-refractivity contribution in [3.63, 3.8) is 0 Å². The molecule has 2 amide bonds. The summed E-state index contributed by atoms with van der Waals surface area (Å²) < 4.78 is 37.4. The van der Waals surface area contributed by atoms with Crippen molar-refractivity contribution in [2.75, 3.05) is 46.5 Å². The van der Waals surface area contributed by atoms with Gasteiger partial charge in [0.05, 0.1) is 13.2 Å². The molecule has 10 nitrogen and oxygen atoms in total. The Hall–Kier alpha value is -3.02. The monoisotopic (exact) mass is 545 g/mol. The fraction of sp³-hybridized carbons (Fsp3) is 0.607. The molecule has 1 N–H and O–H groups in total. The van der Waals surface area contributed by atoms with Crippen LogP contribution in [0.4, 0.5) is 4.39 Å². The normalized spacial score (nSPS) is 26.3. The fourth-order valence-corrected chi connectivity index (χ4v) is 5.60. The summed E-state index contributed by atoms with van der Waals surface area (Å²) in [6, 6.07) is 3.45. The highest BCUT2D eigenvalue weighted by Crippen LogP contribution is 2.32. The molecular formula is C28H36FN3O7. The van der Waals surface area contributed by atoms with Gasteiger partial charge in [-0.05, 0) is 44.5 Å². The van der Waals surface area contributed by atoms with E-state index in [1.165, 1.54) is 4.90 Å². The Labute approximate surface area is 226 Å². The van der Waals surface area contributed by atoms with Gasteiger partial charge in [0.15, 0.2) is 11.5 Å². The van der Waals surface area contributed by atoms with Crippen LogP contribution in [-0.4, -0.2) is 104 Å². The number of furan rings is 1. The first kappa shape index (κ1) is 27.5. The van der Waals surface area contributed by atoms with Gasteiger partial charge < -0.3 is 33.7 Å². The maximum absolute atomic E-state index is 14.5. The third kappa shape index (κ3) is 5.66. The molecule has 1 aromatic carbocycles. The third-order valence-corrected chi connectivity index (χ3v) is 7.61. The number of morpholine rings is 1. The van der Waals surface area contributed by atoms with E-state index in [1.807, 2.05) is 27.0 Å². The summed E-state index contributed by atoms with van der Waals surface area (Å²) >= 11 is 0. The summed E-state index contributed by atoms with van der Waals surface area (Å²) in [6.45, 7) is 7.93. The van der Waals surface area contributed by atoms with Crippen LogP contribution >= 0.6 is 0 Å². The molecule has 0 saturated carbocycles. The number of hydrogen-bond donors (Lipinski definition) is 1. The zero-order valence-corrected chi connectivity index (χ0v) is 22.8. The average molecular weight is 546 g/mol. The summed E-state index contributed by atoms with van der Waals surface area (Å²) in [5, 5.41) is 3.51. The van der Waals surface area contributed by atoms with Crippen LogP contribution in [0.1, 0.15) is 36.4 Å². The third-order valence-electron chi connectivity index (χ3n) is 7.61. The molecule has 0 radical (unpaired) electrons. The second kappa shape index (κ2) is 11.2. The lowest BCUT2D eigenvalue weighted by Gasteiger charge is -2.29. The number of amides is 2. The summed E-state index contributed by atoms with van der Waals surface area (Å²) in [5.41, 5.74) is 1.13. The zero-order valence-electron chi connectivity index (χ0n) is 22.8. The van der Waals surface area contributed by atoms with Gasteiger partial charge in [0.2, 0.25) is 5.91 Å². The van der Waals surface area contributed by atoms with E-state index in [0.717, 1.165) is 18.5 Å². The van der Waals surface area contributed by atoms with Crippen LogP contribution in [0.3, 0.4) is 0 Å². The van der Waals surface area contributed by atoms with Gasteiger partial charge in [0, 0.05) is 24.0 Å². The lowest BCUT2D eigenvalue weighted by Crippen LogP contribution is -2.52. The van der Waals surface area contributed by atoms with Crippen LogP contribution in [0.15, 0.2) is 22.6 Å². The Balaban J connectivity index is 1.30. The van der Waals surface area contributed by atoms with E-state index in [0.29, 0.717) is 36.5 Å². The molecule has 39 heavy (non-hydrogen) atoms. The van der Waals surface area contributed by atoms with Crippen LogP contribution in [0, 0.1) is 12.8 Å². The van der Waals surface area contributed by atoms with Crippen molar-refractivity contribution in [1.29, 1.82) is 0 Å². The first-order valence-corrected chi connectivity index (χ1v) is 13.5. The summed E-state index contributed by atoms with van der Waals surface area (Å²) in [5.74, 6) is -0.591. The number of nitrogens with zero attached hydrogens (tertiary/aromatic N) is 2. The SMILES string of the molecule is Cc1c(C(=O)NC(CC(C)C)C(=O)N2CC(F)C3OCC(=O)C32)oc2ccc(OC[C@H]3CN(C)CCO3)cc12. The Kier molecular flexibility index (Phi) is 7.93. The van der Waals surface area contributed by atoms with E-state index in [-0.39, 0.29) is 36.7 Å². The molecule has 212 valence electrons. The van der Waals surface area contributed by atoms with Gasteiger partial charge in [-0.1, -0.05) is 13.8 Å². The van der Waals surface area contributed by atoms with E-state index < -0.39 is 36.2 Å². The van der Waals surface area contributed by atoms with Gasteiger partial charge in [0.1, 0.15) is 55.0 Å². The topological polar surface area (TPSA) is 111 Å². The molecule has 3 saturated heterocycles. The van der Waals surface area contributed by atoms with Crippen LogP contribution in [0.5, 0.6) is 5.75 Å². The predicted octanol–water partition coefficient (Wildman–Crippen LogP) is 2.11. The van der Waals surface area contributed by atoms with Crippen LogP contribution in [0.2, 0.25) is 0 Å². The van der Waals surface area contributed by atoms with Crippen LogP contribution in [0.25, 0.3) is 11.0 Å². The number of aryl methyl sites for hydroxylation is 1. The van der Waals surface area contributed by atoms with Crippen molar-refractivity contribution in [3.05, 3.63) is 29.5 Å². The number of ketones is 1. The molecule has 3 aliphatic heterocycles. The van der Waals surface area contributed by atoms with Gasteiger partial charge in [-0.3, -0.25) is 14.4 Å². The zero-order chi connectivity index (χ0) is 27.8. The maximum Gasteiger partial charge on any atom is 0.287 e. The van der Waals surface area contributed by atoms with Crippen LogP contribution < -0.4 is 10.1 Å². The minimum Gasteiger partial charge on any atom is -0.491 e. The van der Waals surface area contributed by atoms with Crippen molar-refractivity contribution in [1.82, 2.24) is 15.1 Å². The first-order chi connectivity index (χ1) is 18.6. The standard InChI is InChI=1S/C28H36FN3O7/c1-15(2)9-21(28(35)32-12-20(29)26-24(32)22(33)14-38-26)30-27(34)25-16(3)19-10-17(5-6-23(19)39-25)37-13-18-11-31(4)7-8-36-18/h5-6,10,15,18,20-21,24,26H,7-9,11-14H2,1-4H3,(H,30,34)/t18-,20?,21?,24?,26?/m1/s1. The Bertz CT molecular complexity index is 1250. The number of fused-ring (bicyclic) bond motifs is 2. The lowest BCUT2D eigenvalue weighted by atomic mass is 10.0. The molecule has 11 heteroatoms. The highest BCUT2D eigenvalue weighted by Gasteiger charge is 2.53. The van der Waals surface area contributed by atoms with E-state index in [2.05, 4.69) is 10.2 Å². The fourth-order valence-electron chi connectivity index (χ4n) is 5.60. The molecule has 0 aliphatic carbocycles. The molecule has 1 aromatic heterocycles.